The Morgan fingerprint density at radius 2 is 2.17 bits per heavy atom. The van der Waals surface area contributed by atoms with Crippen molar-refractivity contribution in [2.24, 2.45) is 0 Å². The van der Waals surface area contributed by atoms with E-state index < -0.39 is 0 Å². The Bertz CT molecular complexity index is 296. The van der Waals surface area contributed by atoms with Crippen LogP contribution in [0.1, 0.15) is 5.56 Å². The van der Waals surface area contributed by atoms with Crippen molar-refractivity contribution in [3.8, 4) is 0 Å². The van der Waals surface area contributed by atoms with Crippen LogP contribution in [0, 0.1) is 6.92 Å². The summed E-state index contributed by atoms with van der Waals surface area (Å²) in [6.45, 7) is 3.07. The fourth-order valence-electron chi connectivity index (χ4n) is 1.39. The summed E-state index contributed by atoms with van der Waals surface area (Å²) in [6.07, 6.45) is 4.07. The van der Waals surface area contributed by atoms with Gasteiger partial charge in [-0.2, -0.15) is 0 Å². The maximum atomic E-state index is 3.17. The van der Waals surface area contributed by atoms with Gasteiger partial charge in [-0.1, -0.05) is 18.2 Å². The minimum absolute atomic E-state index is 0.949. The fourth-order valence-corrected chi connectivity index (χ4v) is 1.39. The third-order valence-corrected chi connectivity index (χ3v) is 2.04. The van der Waals surface area contributed by atoms with E-state index in [1.165, 1.54) is 11.3 Å². The van der Waals surface area contributed by atoms with E-state index in [2.05, 4.69) is 47.7 Å². The molecule has 0 aliphatic carbocycles. The highest BCUT2D eigenvalue weighted by molar-refractivity contribution is 5.53. The molecule has 1 heterocycles. The van der Waals surface area contributed by atoms with E-state index >= 15 is 0 Å². The largest absolute Gasteiger partial charge is 0.306 e. The Labute approximate surface area is 72.5 Å². The summed E-state index contributed by atoms with van der Waals surface area (Å²) in [5.74, 6) is 0. The first-order chi connectivity index (χ1) is 5.88. The average molecular weight is 160 g/mol. The van der Waals surface area contributed by atoms with Crippen LogP contribution in [0.2, 0.25) is 0 Å². The number of hydrogen-bond donors (Lipinski definition) is 1. The minimum Gasteiger partial charge on any atom is -0.306 e. The summed E-state index contributed by atoms with van der Waals surface area (Å²) in [7, 11) is 0. The molecule has 0 unspecified atom stereocenters. The lowest BCUT2D eigenvalue weighted by Crippen LogP contribution is -2.29. The SMILES string of the molecule is Cc1ccccc1N1CC=CN1. The van der Waals surface area contributed by atoms with Crippen LogP contribution in [0.5, 0.6) is 0 Å². The van der Waals surface area contributed by atoms with Gasteiger partial charge in [-0.25, -0.2) is 0 Å². The number of aryl methyl sites for hydroxylation is 1. The lowest BCUT2D eigenvalue weighted by molar-refractivity contribution is 0.836. The second-order valence-corrected chi connectivity index (χ2v) is 2.93. The van der Waals surface area contributed by atoms with Crippen LogP contribution in [0.4, 0.5) is 5.69 Å². The third-order valence-electron chi connectivity index (χ3n) is 2.04. The molecule has 1 aliphatic heterocycles. The smallest absolute Gasteiger partial charge is 0.0604 e. The molecular weight excluding hydrogens is 148 g/mol. The van der Waals surface area contributed by atoms with Gasteiger partial charge in [-0.15, -0.1) is 0 Å². The van der Waals surface area contributed by atoms with Gasteiger partial charge in [-0.3, -0.25) is 5.01 Å². The molecule has 0 radical (unpaired) electrons. The zero-order valence-electron chi connectivity index (χ0n) is 7.12. The normalized spacial score (nSPS) is 14.9. The van der Waals surface area contributed by atoms with Crippen LogP contribution in [-0.2, 0) is 0 Å². The van der Waals surface area contributed by atoms with Crippen molar-refractivity contribution in [3.05, 3.63) is 42.1 Å². The summed E-state index contributed by atoms with van der Waals surface area (Å²) < 4.78 is 0. The van der Waals surface area contributed by atoms with Crippen molar-refractivity contribution in [2.75, 3.05) is 11.6 Å². The van der Waals surface area contributed by atoms with Crippen LogP contribution in [0.15, 0.2) is 36.5 Å². The quantitative estimate of drug-likeness (QED) is 0.674. The zero-order valence-corrected chi connectivity index (χ0v) is 7.12. The predicted molar refractivity (Wildman–Crippen MR) is 50.8 cm³/mol. The molecule has 62 valence electrons. The molecule has 1 aliphatic rings. The molecule has 0 spiro atoms. The number of nitrogens with zero attached hydrogens (tertiary/aromatic N) is 1. The molecule has 0 fully saturated rings. The molecule has 1 aromatic carbocycles. The maximum Gasteiger partial charge on any atom is 0.0604 e. The number of benzene rings is 1. The van der Waals surface area contributed by atoms with Gasteiger partial charge in [0.2, 0.25) is 0 Å². The number of rotatable bonds is 1. The molecule has 0 aromatic heterocycles. The van der Waals surface area contributed by atoms with Crippen LogP contribution < -0.4 is 10.4 Å². The zero-order chi connectivity index (χ0) is 8.39. The third kappa shape index (κ3) is 1.16. The van der Waals surface area contributed by atoms with Crippen molar-refractivity contribution >= 4 is 5.69 Å². The van der Waals surface area contributed by atoms with E-state index in [9.17, 15) is 0 Å². The Balaban J connectivity index is 2.27. The van der Waals surface area contributed by atoms with E-state index in [0.717, 1.165) is 6.54 Å². The van der Waals surface area contributed by atoms with Crippen molar-refractivity contribution in [1.29, 1.82) is 0 Å². The molecule has 2 rings (SSSR count). The molecule has 0 amide bonds. The molecule has 1 aromatic rings. The molecule has 0 saturated carbocycles. The van der Waals surface area contributed by atoms with Gasteiger partial charge < -0.3 is 5.43 Å². The van der Waals surface area contributed by atoms with E-state index in [4.69, 9.17) is 0 Å². The van der Waals surface area contributed by atoms with Gasteiger partial charge in [-0.05, 0) is 24.6 Å². The van der Waals surface area contributed by atoms with Gasteiger partial charge in [0.15, 0.2) is 0 Å². The van der Waals surface area contributed by atoms with E-state index in [0.29, 0.717) is 0 Å². The Kier molecular flexibility index (Phi) is 1.74. The second kappa shape index (κ2) is 2.89. The molecule has 0 bridgehead atoms. The molecule has 12 heavy (non-hydrogen) atoms. The Morgan fingerprint density at radius 1 is 1.33 bits per heavy atom. The molecule has 0 saturated heterocycles. The Hall–Kier alpha value is -1.44. The van der Waals surface area contributed by atoms with E-state index in [1.807, 2.05) is 6.20 Å². The van der Waals surface area contributed by atoms with Gasteiger partial charge >= 0.3 is 0 Å². The van der Waals surface area contributed by atoms with Crippen LogP contribution in [0.3, 0.4) is 0 Å². The van der Waals surface area contributed by atoms with Crippen LogP contribution in [-0.4, -0.2) is 6.54 Å². The summed E-state index contributed by atoms with van der Waals surface area (Å²) in [5.41, 5.74) is 5.72. The first kappa shape index (κ1) is 7.22. The molecule has 0 atom stereocenters. The summed E-state index contributed by atoms with van der Waals surface area (Å²) in [4.78, 5) is 0. The van der Waals surface area contributed by atoms with Crippen molar-refractivity contribution in [1.82, 2.24) is 5.43 Å². The van der Waals surface area contributed by atoms with Crippen molar-refractivity contribution in [3.63, 3.8) is 0 Å². The number of para-hydroxylation sites is 1. The lowest BCUT2D eigenvalue weighted by atomic mass is 10.2. The minimum atomic E-state index is 0.949. The average Bonchev–Trinajstić information content (AvgIpc) is 2.57. The molecule has 1 N–H and O–H groups in total. The second-order valence-electron chi connectivity index (χ2n) is 2.93. The summed E-state index contributed by atoms with van der Waals surface area (Å²) >= 11 is 0. The molecular formula is C10H12N2. The van der Waals surface area contributed by atoms with E-state index in [1.54, 1.807) is 0 Å². The van der Waals surface area contributed by atoms with Gasteiger partial charge in [0.05, 0.1) is 12.2 Å². The Morgan fingerprint density at radius 3 is 2.83 bits per heavy atom. The highest BCUT2D eigenvalue weighted by Crippen LogP contribution is 2.18. The van der Waals surface area contributed by atoms with Crippen LogP contribution in [0.25, 0.3) is 0 Å². The monoisotopic (exact) mass is 160 g/mol. The van der Waals surface area contributed by atoms with Crippen LogP contribution >= 0.6 is 0 Å². The highest BCUT2D eigenvalue weighted by Gasteiger charge is 2.07. The predicted octanol–water partition coefficient (Wildman–Crippen LogP) is 1.83. The maximum absolute atomic E-state index is 3.17. The summed E-state index contributed by atoms with van der Waals surface area (Å²) in [6, 6.07) is 8.36. The number of nitrogens with one attached hydrogen (secondary N) is 1. The lowest BCUT2D eigenvalue weighted by Gasteiger charge is -2.20. The van der Waals surface area contributed by atoms with Gasteiger partial charge in [0.25, 0.3) is 0 Å². The first-order valence-electron chi connectivity index (χ1n) is 4.12. The summed E-state index contributed by atoms with van der Waals surface area (Å²) in [5, 5.41) is 2.12. The van der Waals surface area contributed by atoms with Crippen molar-refractivity contribution in [2.45, 2.75) is 6.92 Å². The van der Waals surface area contributed by atoms with Gasteiger partial charge in [0, 0.05) is 6.20 Å². The van der Waals surface area contributed by atoms with E-state index in [-0.39, 0.29) is 0 Å². The molecule has 2 nitrogen and oxygen atoms in total. The molecule has 2 heteroatoms. The number of hydrogen-bond acceptors (Lipinski definition) is 2. The first-order valence-corrected chi connectivity index (χ1v) is 4.12. The standard InChI is InChI=1S/C10H12N2/c1-9-5-2-3-6-10(9)12-8-4-7-11-12/h2-7,11H,8H2,1H3. The topological polar surface area (TPSA) is 15.3 Å². The van der Waals surface area contributed by atoms with Crippen molar-refractivity contribution < 1.29 is 0 Å². The number of hydrazine groups is 1. The van der Waals surface area contributed by atoms with Gasteiger partial charge in [0.1, 0.15) is 0 Å². The highest BCUT2D eigenvalue weighted by atomic mass is 15.5. The fraction of sp³-hybridized carbons (Fsp3) is 0.200. The number of anilines is 1.